The minimum atomic E-state index is -0.370. The number of carbonyl (C=O) groups is 2. The normalized spacial score (nSPS) is 10.3. The Kier molecular flexibility index (Phi) is 4.29. The number of carbonyl (C=O) groups excluding carboxylic acids is 2. The highest BCUT2D eigenvalue weighted by Gasteiger charge is 2.11. The van der Waals surface area contributed by atoms with Gasteiger partial charge in [0.25, 0.3) is 5.91 Å². The summed E-state index contributed by atoms with van der Waals surface area (Å²) in [6.07, 6.45) is 1.88. The summed E-state index contributed by atoms with van der Waals surface area (Å²) in [6, 6.07) is 18.2. The molecule has 5 nitrogen and oxygen atoms in total. The van der Waals surface area contributed by atoms with E-state index in [4.69, 9.17) is 0 Å². The van der Waals surface area contributed by atoms with Crippen LogP contribution >= 0.6 is 0 Å². The average molecular weight is 305 g/mol. The molecule has 3 rings (SSSR count). The zero-order chi connectivity index (χ0) is 16.1. The first-order valence-corrected chi connectivity index (χ1v) is 7.21. The zero-order valence-electron chi connectivity index (χ0n) is 12.3. The summed E-state index contributed by atoms with van der Waals surface area (Å²) in [5, 5.41) is 0.741. The van der Waals surface area contributed by atoms with E-state index >= 15 is 0 Å². The highest BCUT2D eigenvalue weighted by Crippen LogP contribution is 2.15. The summed E-state index contributed by atoms with van der Waals surface area (Å²) in [6.45, 7) is 0. The van der Waals surface area contributed by atoms with Crippen molar-refractivity contribution in [3.05, 3.63) is 78.0 Å². The maximum absolute atomic E-state index is 12.3. The van der Waals surface area contributed by atoms with E-state index in [1.54, 1.807) is 24.4 Å². The van der Waals surface area contributed by atoms with Crippen molar-refractivity contribution in [1.29, 1.82) is 0 Å². The fraction of sp³-hybridized carbons (Fsp3) is 0.0556. The highest BCUT2D eigenvalue weighted by molar-refractivity contribution is 6.06. The van der Waals surface area contributed by atoms with Crippen molar-refractivity contribution < 1.29 is 9.59 Å². The van der Waals surface area contributed by atoms with Crippen LogP contribution in [0.5, 0.6) is 0 Å². The van der Waals surface area contributed by atoms with Gasteiger partial charge in [0.2, 0.25) is 5.91 Å². The molecule has 2 N–H and O–H groups in total. The van der Waals surface area contributed by atoms with Gasteiger partial charge in [0, 0.05) is 11.6 Å². The molecule has 0 saturated carbocycles. The van der Waals surface area contributed by atoms with Gasteiger partial charge < -0.3 is 0 Å². The third-order valence-electron chi connectivity index (χ3n) is 3.41. The second-order valence-electron chi connectivity index (χ2n) is 5.04. The molecule has 5 heteroatoms. The number of nitrogens with zero attached hydrogens (tertiary/aromatic N) is 1. The molecule has 114 valence electrons. The van der Waals surface area contributed by atoms with Crippen LogP contribution in [0.4, 0.5) is 0 Å². The van der Waals surface area contributed by atoms with Crippen LogP contribution < -0.4 is 10.9 Å². The zero-order valence-corrected chi connectivity index (χ0v) is 12.3. The van der Waals surface area contributed by atoms with Crippen LogP contribution in [0.1, 0.15) is 15.9 Å². The number of hydrazine groups is 1. The van der Waals surface area contributed by atoms with Crippen LogP contribution in [-0.4, -0.2) is 16.8 Å². The lowest BCUT2D eigenvalue weighted by atomic mass is 10.1. The summed E-state index contributed by atoms with van der Waals surface area (Å²) in [7, 11) is 0. The van der Waals surface area contributed by atoms with Gasteiger partial charge in [0.05, 0.1) is 17.5 Å². The minimum Gasteiger partial charge on any atom is -0.273 e. The van der Waals surface area contributed by atoms with Crippen LogP contribution in [0.15, 0.2) is 66.9 Å². The fourth-order valence-electron chi connectivity index (χ4n) is 2.32. The standard InChI is InChI=1S/C18H15N3O2/c22-17(12-13-6-2-1-3-7-13)20-21-18(23)15-8-4-10-16-14(15)9-5-11-19-16/h1-11H,12H2,(H,20,22)(H,21,23). The average Bonchev–Trinajstić information content (AvgIpc) is 2.60. The fourth-order valence-corrected chi connectivity index (χ4v) is 2.32. The van der Waals surface area contributed by atoms with E-state index in [-0.39, 0.29) is 18.2 Å². The van der Waals surface area contributed by atoms with Crippen molar-refractivity contribution in [2.45, 2.75) is 6.42 Å². The van der Waals surface area contributed by atoms with Crippen molar-refractivity contribution in [2.24, 2.45) is 0 Å². The highest BCUT2D eigenvalue weighted by atomic mass is 16.2. The van der Waals surface area contributed by atoms with Crippen LogP contribution in [0, 0.1) is 0 Å². The summed E-state index contributed by atoms with van der Waals surface area (Å²) in [5.41, 5.74) is 6.96. The lowest BCUT2D eigenvalue weighted by Crippen LogP contribution is -2.42. The lowest BCUT2D eigenvalue weighted by Gasteiger charge is -2.09. The number of aromatic nitrogens is 1. The van der Waals surface area contributed by atoms with Gasteiger partial charge in [-0.3, -0.25) is 25.4 Å². The molecule has 3 aromatic rings. The number of benzene rings is 2. The van der Waals surface area contributed by atoms with Gasteiger partial charge in [-0.2, -0.15) is 0 Å². The first-order valence-electron chi connectivity index (χ1n) is 7.21. The largest absolute Gasteiger partial charge is 0.273 e. The molecular formula is C18H15N3O2. The molecule has 1 aromatic heterocycles. The van der Waals surface area contributed by atoms with Gasteiger partial charge in [-0.15, -0.1) is 0 Å². The van der Waals surface area contributed by atoms with E-state index in [2.05, 4.69) is 15.8 Å². The number of nitrogens with one attached hydrogen (secondary N) is 2. The van der Waals surface area contributed by atoms with Crippen molar-refractivity contribution in [3.63, 3.8) is 0 Å². The molecule has 2 amide bonds. The number of rotatable bonds is 3. The molecule has 0 radical (unpaired) electrons. The Morgan fingerprint density at radius 2 is 1.70 bits per heavy atom. The Morgan fingerprint density at radius 1 is 0.870 bits per heavy atom. The van der Waals surface area contributed by atoms with Crippen molar-refractivity contribution in [2.75, 3.05) is 0 Å². The van der Waals surface area contributed by atoms with Crippen molar-refractivity contribution in [3.8, 4) is 0 Å². The first kappa shape index (κ1) is 14.7. The molecule has 0 bridgehead atoms. The summed E-state index contributed by atoms with van der Waals surface area (Å²) in [5.74, 6) is -0.645. The van der Waals surface area contributed by atoms with Gasteiger partial charge in [0.15, 0.2) is 0 Å². The van der Waals surface area contributed by atoms with Crippen LogP contribution in [0.3, 0.4) is 0 Å². The number of pyridine rings is 1. The number of fused-ring (bicyclic) bond motifs is 1. The van der Waals surface area contributed by atoms with E-state index in [1.165, 1.54) is 0 Å². The molecule has 0 spiro atoms. The van der Waals surface area contributed by atoms with Crippen molar-refractivity contribution >= 4 is 22.7 Å². The third-order valence-corrected chi connectivity index (χ3v) is 3.41. The molecule has 23 heavy (non-hydrogen) atoms. The molecule has 0 aliphatic rings. The van der Waals surface area contributed by atoms with E-state index in [1.807, 2.05) is 42.5 Å². The lowest BCUT2D eigenvalue weighted by molar-refractivity contribution is -0.121. The first-order chi connectivity index (χ1) is 11.2. The molecule has 1 heterocycles. The Balaban J connectivity index is 1.66. The van der Waals surface area contributed by atoms with Gasteiger partial charge >= 0.3 is 0 Å². The molecule has 0 aliphatic carbocycles. The maximum Gasteiger partial charge on any atom is 0.270 e. The van der Waals surface area contributed by atoms with Crippen LogP contribution in [-0.2, 0) is 11.2 Å². The van der Waals surface area contributed by atoms with Gasteiger partial charge in [0.1, 0.15) is 0 Å². The van der Waals surface area contributed by atoms with Crippen LogP contribution in [0.25, 0.3) is 10.9 Å². The van der Waals surface area contributed by atoms with Gasteiger partial charge in [-0.1, -0.05) is 42.5 Å². The Hall–Kier alpha value is -3.21. The SMILES string of the molecule is O=C(Cc1ccccc1)NNC(=O)c1cccc2ncccc12. The predicted molar refractivity (Wildman–Crippen MR) is 87.5 cm³/mol. The minimum absolute atomic E-state index is 0.207. The number of amides is 2. The second kappa shape index (κ2) is 6.70. The molecule has 2 aromatic carbocycles. The Morgan fingerprint density at radius 3 is 2.52 bits per heavy atom. The second-order valence-corrected chi connectivity index (χ2v) is 5.04. The van der Waals surface area contributed by atoms with E-state index in [9.17, 15) is 9.59 Å². The third kappa shape index (κ3) is 3.52. The smallest absolute Gasteiger partial charge is 0.270 e. The Bertz CT molecular complexity index is 842. The molecule has 0 atom stereocenters. The molecule has 0 aliphatic heterocycles. The van der Waals surface area contributed by atoms with Crippen molar-refractivity contribution in [1.82, 2.24) is 15.8 Å². The number of hydrogen-bond donors (Lipinski definition) is 2. The predicted octanol–water partition coefficient (Wildman–Crippen LogP) is 2.24. The summed E-state index contributed by atoms with van der Waals surface area (Å²) in [4.78, 5) is 28.3. The summed E-state index contributed by atoms with van der Waals surface area (Å²) >= 11 is 0. The van der Waals surface area contributed by atoms with E-state index in [0.29, 0.717) is 5.56 Å². The molecular weight excluding hydrogens is 290 g/mol. The molecule has 0 fully saturated rings. The quantitative estimate of drug-likeness (QED) is 0.729. The van der Waals surface area contributed by atoms with Crippen LogP contribution in [0.2, 0.25) is 0 Å². The molecule has 0 saturated heterocycles. The number of hydrogen-bond acceptors (Lipinski definition) is 3. The topological polar surface area (TPSA) is 71.1 Å². The monoisotopic (exact) mass is 305 g/mol. The Labute approximate surface area is 133 Å². The van der Waals surface area contributed by atoms with E-state index < -0.39 is 0 Å². The summed E-state index contributed by atoms with van der Waals surface area (Å²) < 4.78 is 0. The molecule has 0 unspecified atom stereocenters. The van der Waals surface area contributed by atoms with E-state index in [0.717, 1.165) is 16.5 Å². The maximum atomic E-state index is 12.3. The van der Waals surface area contributed by atoms with Gasteiger partial charge in [-0.25, -0.2) is 0 Å². The van der Waals surface area contributed by atoms with Gasteiger partial charge in [-0.05, 0) is 23.8 Å².